The second kappa shape index (κ2) is 9.12. The van der Waals surface area contributed by atoms with Crippen molar-refractivity contribution in [1.29, 1.82) is 0 Å². The van der Waals surface area contributed by atoms with Crippen LogP contribution in [0.15, 0.2) is 30.3 Å². The van der Waals surface area contributed by atoms with Gasteiger partial charge in [0.15, 0.2) is 0 Å². The van der Waals surface area contributed by atoms with Gasteiger partial charge in [-0.15, -0.1) is 0 Å². The molecule has 0 saturated carbocycles. The van der Waals surface area contributed by atoms with E-state index < -0.39 is 10.0 Å². The molecule has 2 N–H and O–H groups in total. The number of nitrogens with one attached hydrogen (secondary N) is 2. The molecule has 0 aromatic heterocycles. The Bertz CT molecular complexity index is 621. The van der Waals surface area contributed by atoms with Crippen LogP contribution >= 0.6 is 0 Å². The van der Waals surface area contributed by atoms with E-state index in [0.717, 1.165) is 19.3 Å². The van der Waals surface area contributed by atoms with E-state index in [1.165, 1.54) is 5.56 Å². The van der Waals surface area contributed by atoms with Crippen LogP contribution in [0.3, 0.4) is 0 Å². The third-order valence-electron chi connectivity index (χ3n) is 3.70. The van der Waals surface area contributed by atoms with Crippen LogP contribution in [0.5, 0.6) is 0 Å². The number of benzene rings is 1. The first kappa shape index (κ1) is 18.9. The highest BCUT2D eigenvalue weighted by Crippen LogP contribution is 2.12. The molecule has 1 atom stereocenters. The maximum atomic E-state index is 11.9. The Balaban J connectivity index is 1.69. The van der Waals surface area contributed by atoms with Gasteiger partial charge in [0.05, 0.1) is 25.4 Å². The van der Waals surface area contributed by atoms with E-state index in [0.29, 0.717) is 13.2 Å². The summed E-state index contributed by atoms with van der Waals surface area (Å²) >= 11 is 0. The molecule has 0 radical (unpaired) electrons. The molecule has 1 aliphatic rings. The summed E-state index contributed by atoms with van der Waals surface area (Å²) in [4.78, 5) is 14.2. The molecule has 0 aliphatic carbocycles. The number of ether oxygens (including phenoxy) is 1. The van der Waals surface area contributed by atoms with E-state index in [4.69, 9.17) is 4.74 Å². The Morgan fingerprint density at radius 3 is 2.75 bits per heavy atom. The average Bonchev–Trinajstić information content (AvgIpc) is 2.52. The van der Waals surface area contributed by atoms with Crippen LogP contribution in [-0.4, -0.2) is 64.4 Å². The first-order chi connectivity index (χ1) is 11.4. The lowest BCUT2D eigenvalue weighted by Gasteiger charge is -2.32. The predicted molar refractivity (Wildman–Crippen MR) is 91.9 cm³/mol. The van der Waals surface area contributed by atoms with Gasteiger partial charge in [0.25, 0.3) is 0 Å². The lowest BCUT2D eigenvalue weighted by atomic mass is 10.1. The molecule has 7 nitrogen and oxygen atoms in total. The normalized spacial score (nSPS) is 19.1. The molecule has 1 heterocycles. The largest absolute Gasteiger partial charge is 0.375 e. The molecule has 24 heavy (non-hydrogen) atoms. The van der Waals surface area contributed by atoms with Gasteiger partial charge >= 0.3 is 0 Å². The number of amides is 1. The van der Waals surface area contributed by atoms with Gasteiger partial charge < -0.3 is 10.1 Å². The van der Waals surface area contributed by atoms with Crippen molar-refractivity contribution in [3.05, 3.63) is 35.9 Å². The van der Waals surface area contributed by atoms with Gasteiger partial charge in [-0.2, -0.15) is 0 Å². The van der Waals surface area contributed by atoms with E-state index in [2.05, 4.69) is 27.1 Å². The second-order valence-electron chi connectivity index (χ2n) is 5.93. The maximum Gasteiger partial charge on any atom is 0.222 e. The maximum absolute atomic E-state index is 11.9. The molecular formula is C16H25N3O4S. The standard InChI is InChI=1S/C16H25N3O4S/c1-24(21,22)18-8-7-17-16(20)11-15-13-19(9-10-23-15)12-14-5-3-2-4-6-14/h2-6,15,18H,7-13H2,1H3,(H,17,20)/t15-/m1/s1. The van der Waals surface area contributed by atoms with Crippen molar-refractivity contribution in [2.24, 2.45) is 0 Å². The number of carbonyl (C=O) groups excluding carboxylic acids is 1. The fourth-order valence-corrected chi connectivity index (χ4v) is 3.08. The summed E-state index contributed by atoms with van der Waals surface area (Å²) in [6.45, 7) is 3.48. The van der Waals surface area contributed by atoms with E-state index >= 15 is 0 Å². The highest BCUT2D eigenvalue weighted by atomic mass is 32.2. The summed E-state index contributed by atoms with van der Waals surface area (Å²) in [5.41, 5.74) is 1.24. The molecule has 0 bridgehead atoms. The van der Waals surface area contributed by atoms with Gasteiger partial charge in [-0.3, -0.25) is 9.69 Å². The molecule has 1 aromatic carbocycles. The summed E-state index contributed by atoms with van der Waals surface area (Å²) in [7, 11) is -3.22. The number of sulfonamides is 1. The number of rotatable bonds is 8. The predicted octanol–water partition coefficient (Wildman–Crippen LogP) is -0.0571. The van der Waals surface area contributed by atoms with E-state index in [1.807, 2.05) is 18.2 Å². The highest BCUT2D eigenvalue weighted by molar-refractivity contribution is 7.88. The highest BCUT2D eigenvalue weighted by Gasteiger charge is 2.22. The molecule has 8 heteroatoms. The third kappa shape index (κ3) is 7.39. The number of morpholine rings is 1. The molecule has 1 aliphatic heterocycles. The molecular weight excluding hydrogens is 330 g/mol. The molecule has 2 rings (SSSR count). The molecule has 1 aromatic rings. The minimum absolute atomic E-state index is 0.128. The minimum atomic E-state index is -3.22. The smallest absolute Gasteiger partial charge is 0.222 e. The van der Waals surface area contributed by atoms with Gasteiger partial charge in [-0.25, -0.2) is 13.1 Å². The Hall–Kier alpha value is -1.48. The van der Waals surface area contributed by atoms with Gasteiger partial charge in [-0.1, -0.05) is 30.3 Å². The molecule has 1 amide bonds. The van der Waals surface area contributed by atoms with E-state index in [9.17, 15) is 13.2 Å². The molecule has 1 fully saturated rings. The zero-order valence-electron chi connectivity index (χ0n) is 13.9. The Kier molecular flexibility index (Phi) is 7.16. The van der Waals surface area contributed by atoms with E-state index in [-0.39, 0.29) is 31.5 Å². The minimum Gasteiger partial charge on any atom is -0.375 e. The SMILES string of the molecule is CS(=O)(=O)NCCNC(=O)C[C@@H]1CN(Cc2ccccc2)CCO1. The summed E-state index contributed by atoms with van der Waals surface area (Å²) in [5.74, 6) is -0.128. The third-order valence-corrected chi connectivity index (χ3v) is 4.42. The van der Waals surface area contributed by atoms with Crippen molar-refractivity contribution in [3.63, 3.8) is 0 Å². The van der Waals surface area contributed by atoms with Crippen LogP contribution in [0.25, 0.3) is 0 Å². The van der Waals surface area contributed by atoms with Crippen LogP contribution < -0.4 is 10.0 Å². The van der Waals surface area contributed by atoms with Crippen molar-refractivity contribution in [3.8, 4) is 0 Å². The number of nitrogens with zero attached hydrogens (tertiary/aromatic N) is 1. The van der Waals surface area contributed by atoms with Crippen LogP contribution in [-0.2, 0) is 26.1 Å². The topological polar surface area (TPSA) is 87.7 Å². The first-order valence-electron chi connectivity index (χ1n) is 8.01. The molecule has 1 saturated heterocycles. The summed E-state index contributed by atoms with van der Waals surface area (Å²) in [6, 6.07) is 10.2. The first-order valence-corrected chi connectivity index (χ1v) is 9.91. The average molecular weight is 355 g/mol. The second-order valence-corrected chi connectivity index (χ2v) is 7.77. The van der Waals surface area contributed by atoms with Crippen LogP contribution in [0.4, 0.5) is 0 Å². The van der Waals surface area contributed by atoms with Gasteiger partial charge in [0.2, 0.25) is 15.9 Å². The van der Waals surface area contributed by atoms with Crippen molar-refractivity contribution < 1.29 is 17.9 Å². The Morgan fingerprint density at radius 2 is 2.04 bits per heavy atom. The Morgan fingerprint density at radius 1 is 1.29 bits per heavy atom. The lowest BCUT2D eigenvalue weighted by molar-refractivity contribution is -0.126. The zero-order valence-corrected chi connectivity index (χ0v) is 14.7. The summed E-state index contributed by atoms with van der Waals surface area (Å²) in [6.07, 6.45) is 1.24. The van der Waals surface area contributed by atoms with Crippen LogP contribution in [0.1, 0.15) is 12.0 Å². The monoisotopic (exact) mass is 355 g/mol. The molecule has 0 spiro atoms. The molecule has 0 unspecified atom stereocenters. The number of carbonyl (C=O) groups is 1. The van der Waals surface area contributed by atoms with Crippen LogP contribution in [0, 0.1) is 0 Å². The van der Waals surface area contributed by atoms with Crippen molar-refractivity contribution in [2.75, 3.05) is 39.0 Å². The number of hydrogen-bond donors (Lipinski definition) is 2. The molecule has 134 valence electrons. The quantitative estimate of drug-likeness (QED) is 0.638. The number of hydrogen-bond acceptors (Lipinski definition) is 5. The van der Waals surface area contributed by atoms with E-state index in [1.54, 1.807) is 0 Å². The lowest BCUT2D eigenvalue weighted by Crippen LogP contribution is -2.44. The van der Waals surface area contributed by atoms with Crippen molar-refractivity contribution >= 4 is 15.9 Å². The van der Waals surface area contributed by atoms with Gasteiger partial charge in [-0.05, 0) is 5.56 Å². The zero-order chi connectivity index (χ0) is 17.4. The summed E-state index contributed by atoms with van der Waals surface area (Å²) < 4.78 is 29.9. The van der Waals surface area contributed by atoms with Crippen molar-refractivity contribution in [2.45, 2.75) is 19.1 Å². The van der Waals surface area contributed by atoms with Gasteiger partial charge in [0.1, 0.15) is 0 Å². The fourth-order valence-electron chi connectivity index (χ4n) is 2.61. The van der Waals surface area contributed by atoms with Gasteiger partial charge in [0, 0.05) is 32.7 Å². The fraction of sp³-hybridized carbons (Fsp3) is 0.562. The Labute approximate surface area is 143 Å². The van der Waals surface area contributed by atoms with Crippen LogP contribution in [0.2, 0.25) is 0 Å². The summed E-state index contributed by atoms with van der Waals surface area (Å²) in [5, 5.41) is 2.70. The van der Waals surface area contributed by atoms with Crippen molar-refractivity contribution in [1.82, 2.24) is 14.9 Å².